The predicted molar refractivity (Wildman–Crippen MR) is 105 cm³/mol. The lowest BCUT2D eigenvalue weighted by atomic mass is 9.74. The van der Waals surface area contributed by atoms with Crippen molar-refractivity contribution >= 4 is 11.9 Å². The Kier molecular flexibility index (Phi) is 6.10. The van der Waals surface area contributed by atoms with Crippen molar-refractivity contribution in [2.75, 3.05) is 6.54 Å². The average Bonchev–Trinajstić information content (AvgIpc) is 2.71. The Balaban J connectivity index is 1.70. The van der Waals surface area contributed by atoms with E-state index < -0.39 is 17.7 Å². The van der Waals surface area contributed by atoms with E-state index in [1.807, 2.05) is 25.1 Å². The summed E-state index contributed by atoms with van der Waals surface area (Å²) >= 11 is 0. The number of aliphatic hydroxyl groups excluding tert-OH is 1. The molecular formula is C22H31NO5. The van der Waals surface area contributed by atoms with Crippen molar-refractivity contribution in [2.45, 2.75) is 75.6 Å². The van der Waals surface area contributed by atoms with Crippen LogP contribution in [0.2, 0.25) is 0 Å². The summed E-state index contributed by atoms with van der Waals surface area (Å²) in [6, 6.07) is 10.4. The lowest BCUT2D eigenvalue weighted by Gasteiger charge is -2.49. The van der Waals surface area contributed by atoms with Gasteiger partial charge in [0.15, 0.2) is 0 Å². The summed E-state index contributed by atoms with van der Waals surface area (Å²) in [4.78, 5) is 22.5. The van der Waals surface area contributed by atoms with E-state index in [0.717, 1.165) is 25.7 Å². The Bertz CT molecular complexity index is 708. The van der Waals surface area contributed by atoms with Crippen LogP contribution in [0.25, 0.3) is 0 Å². The van der Waals surface area contributed by atoms with Crippen molar-refractivity contribution < 1.29 is 24.5 Å². The van der Waals surface area contributed by atoms with Crippen LogP contribution < -0.4 is 5.32 Å². The molecule has 0 radical (unpaired) electrons. The van der Waals surface area contributed by atoms with Gasteiger partial charge in [-0.1, -0.05) is 30.3 Å². The first-order chi connectivity index (χ1) is 13.2. The Morgan fingerprint density at radius 1 is 1.18 bits per heavy atom. The molecule has 2 heterocycles. The minimum Gasteiger partial charge on any atom is -0.481 e. The summed E-state index contributed by atoms with van der Waals surface area (Å²) < 4.78 is 6.46. The van der Waals surface area contributed by atoms with Crippen molar-refractivity contribution in [3.05, 3.63) is 35.9 Å². The van der Waals surface area contributed by atoms with Crippen LogP contribution in [-0.2, 0) is 14.3 Å². The van der Waals surface area contributed by atoms with Crippen molar-refractivity contribution in [3.8, 4) is 0 Å². The summed E-state index contributed by atoms with van der Waals surface area (Å²) in [5, 5.41) is 22.7. The lowest BCUT2D eigenvalue weighted by Crippen LogP contribution is -2.54. The molecule has 28 heavy (non-hydrogen) atoms. The second-order valence-corrected chi connectivity index (χ2v) is 8.82. The molecule has 0 spiro atoms. The Morgan fingerprint density at radius 3 is 2.57 bits per heavy atom. The predicted octanol–water partition coefficient (Wildman–Crippen LogP) is 2.85. The molecule has 1 aromatic rings. The van der Waals surface area contributed by atoms with Gasteiger partial charge < -0.3 is 20.3 Å². The SMILES string of the molecule is C[C@]12CC[C@@H](CNC(=O)CCC(=O)O)[C@H](O)[C@](C)(C[C@@H](c3ccccc3)C1)O2. The Morgan fingerprint density at radius 2 is 1.89 bits per heavy atom. The van der Waals surface area contributed by atoms with Gasteiger partial charge in [-0.3, -0.25) is 9.59 Å². The van der Waals surface area contributed by atoms with Gasteiger partial charge in [0, 0.05) is 18.9 Å². The van der Waals surface area contributed by atoms with Crippen LogP contribution in [-0.4, -0.2) is 45.9 Å². The number of aliphatic hydroxyl groups is 1. The van der Waals surface area contributed by atoms with Crippen LogP contribution in [0, 0.1) is 5.92 Å². The van der Waals surface area contributed by atoms with E-state index in [-0.39, 0.29) is 30.3 Å². The largest absolute Gasteiger partial charge is 0.481 e. The number of nitrogens with one attached hydrogen (secondary N) is 1. The first kappa shape index (κ1) is 20.8. The number of amides is 1. The molecule has 0 aromatic heterocycles. The molecular weight excluding hydrogens is 358 g/mol. The smallest absolute Gasteiger partial charge is 0.303 e. The number of hydrogen-bond donors (Lipinski definition) is 3. The van der Waals surface area contributed by atoms with Gasteiger partial charge in [0.1, 0.15) is 0 Å². The molecule has 2 aliphatic heterocycles. The zero-order chi connectivity index (χ0) is 20.4. The highest BCUT2D eigenvalue weighted by molar-refractivity contribution is 5.80. The van der Waals surface area contributed by atoms with Gasteiger partial charge in [-0.15, -0.1) is 0 Å². The Labute approximate surface area is 166 Å². The molecule has 154 valence electrons. The van der Waals surface area contributed by atoms with Crippen molar-refractivity contribution in [3.63, 3.8) is 0 Å². The molecule has 2 bridgehead atoms. The molecule has 0 aliphatic carbocycles. The fourth-order valence-corrected chi connectivity index (χ4v) is 4.94. The number of ether oxygens (including phenoxy) is 1. The maximum Gasteiger partial charge on any atom is 0.303 e. The summed E-state index contributed by atoms with van der Waals surface area (Å²) in [6.07, 6.45) is 2.30. The van der Waals surface area contributed by atoms with Gasteiger partial charge >= 0.3 is 5.97 Å². The highest BCUT2D eigenvalue weighted by Gasteiger charge is 2.52. The van der Waals surface area contributed by atoms with Gasteiger partial charge in [0.2, 0.25) is 5.91 Å². The number of carboxylic acid groups (broad SMARTS) is 1. The van der Waals surface area contributed by atoms with Gasteiger partial charge in [-0.05, 0) is 51.0 Å². The van der Waals surface area contributed by atoms with Crippen molar-refractivity contribution in [1.29, 1.82) is 0 Å². The molecule has 2 aliphatic rings. The first-order valence-corrected chi connectivity index (χ1v) is 10.1. The van der Waals surface area contributed by atoms with Crippen LogP contribution in [0.4, 0.5) is 0 Å². The summed E-state index contributed by atoms with van der Waals surface area (Å²) in [5.41, 5.74) is 0.285. The van der Waals surface area contributed by atoms with E-state index in [0.29, 0.717) is 12.5 Å². The quantitative estimate of drug-likeness (QED) is 0.695. The highest BCUT2D eigenvalue weighted by Crippen LogP contribution is 2.50. The second kappa shape index (κ2) is 8.21. The summed E-state index contributed by atoms with van der Waals surface area (Å²) in [5.74, 6) is -1.07. The summed E-state index contributed by atoms with van der Waals surface area (Å²) in [7, 11) is 0. The number of rotatable bonds is 6. The number of fused-ring (bicyclic) bond motifs is 2. The van der Waals surface area contributed by atoms with E-state index in [1.54, 1.807) is 0 Å². The molecule has 6 nitrogen and oxygen atoms in total. The highest BCUT2D eigenvalue weighted by atomic mass is 16.5. The van der Waals surface area contributed by atoms with Gasteiger partial charge in [-0.2, -0.15) is 0 Å². The summed E-state index contributed by atoms with van der Waals surface area (Å²) in [6.45, 7) is 4.45. The normalized spacial score (nSPS) is 35.0. The zero-order valence-electron chi connectivity index (χ0n) is 16.7. The van der Waals surface area contributed by atoms with Crippen LogP contribution in [0.1, 0.15) is 63.9 Å². The van der Waals surface area contributed by atoms with E-state index >= 15 is 0 Å². The molecule has 1 aromatic carbocycles. The Hall–Kier alpha value is -1.92. The van der Waals surface area contributed by atoms with Crippen LogP contribution in [0.15, 0.2) is 30.3 Å². The van der Waals surface area contributed by atoms with E-state index in [2.05, 4.69) is 24.4 Å². The fourth-order valence-electron chi connectivity index (χ4n) is 4.94. The third-order valence-corrected chi connectivity index (χ3v) is 6.32. The number of hydrogen-bond acceptors (Lipinski definition) is 4. The maximum atomic E-state index is 11.9. The third-order valence-electron chi connectivity index (χ3n) is 6.32. The molecule has 2 saturated heterocycles. The molecule has 6 heteroatoms. The zero-order valence-corrected chi connectivity index (χ0v) is 16.7. The van der Waals surface area contributed by atoms with E-state index in [1.165, 1.54) is 5.56 Å². The number of benzene rings is 1. The molecule has 0 saturated carbocycles. The van der Waals surface area contributed by atoms with Crippen molar-refractivity contribution in [1.82, 2.24) is 5.32 Å². The standard InChI is InChI=1S/C22H31NO5/c1-21-11-10-16(14-23-18(24)8-9-19(25)26)20(27)22(2,28-21)13-17(12-21)15-6-4-3-5-7-15/h3-7,16-17,20,27H,8-14H2,1-2H3,(H,23,24)(H,25,26)/t16-,17-,20-,21-,22-/m0/s1. The average molecular weight is 389 g/mol. The number of carbonyl (C=O) groups is 2. The molecule has 3 N–H and O–H groups in total. The molecule has 5 atom stereocenters. The van der Waals surface area contributed by atoms with Gasteiger partial charge in [-0.25, -0.2) is 0 Å². The molecule has 2 fully saturated rings. The van der Waals surface area contributed by atoms with E-state index in [4.69, 9.17) is 9.84 Å². The first-order valence-electron chi connectivity index (χ1n) is 10.1. The minimum absolute atomic E-state index is 0.0420. The van der Waals surface area contributed by atoms with Crippen molar-refractivity contribution in [2.24, 2.45) is 5.92 Å². The number of carboxylic acids is 1. The maximum absolute atomic E-state index is 11.9. The van der Waals surface area contributed by atoms with Crippen LogP contribution >= 0.6 is 0 Å². The number of carbonyl (C=O) groups excluding carboxylic acids is 1. The van der Waals surface area contributed by atoms with Crippen LogP contribution in [0.5, 0.6) is 0 Å². The van der Waals surface area contributed by atoms with Gasteiger partial charge in [0.25, 0.3) is 0 Å². The van der Waals surface area contributed by atoms with E-state index in [9.17, 15) is 14.7 Å². The third kappa shape index (κ3) is 4.73. The monoisotopic (exact) mass is 389 g/mol. The topological polar surface area (TPSA) is 95.9 Å². The number of aliphatic carboxylic acids is 1. The van der Waals surface area contributed by atoms with Gasteiger partial charge in [0.05, 0.1) is 23.7 Å². The fraction of sp³-hybridized carbons (Fsp3) is 0.636. The molecule has 0 unspecified atom stereocenters. The molecule has 1 amide bonds. The van der Waals surface area contributed by atoms with Crippen LogP contribution in [0.3, 0.4) is 0 Å². The lowest BCUT2D eigenvalue weighted by molar-refractivity contribution is -0.215. The minimum atomic E-state index is -0.987. The molecule has 3 rings (SSSR count). The second-order valence-electron chi connectivity index (χ2n) is 8.82.